The van der Waals surface area contributed by atoms with Gasteiger partial charge >= 0.3 is 0 Å². The third-order valence-corrected chi connectivity index (χ3v) is 3.75. The van der Waals surface area contributed by atoms with E-state index in [2.05, 4.69) is 42.2 Å². The third-order valence-electron chi connectivity index (χ3n) is 2.54. The summed E-state index contributed by atoms with van der Waals surface area (Å²) in [5, 5.41) is 18.7. The summed E-state index contributed by atoms with van der Waals surface area (Å²) < 4.78 is 2.38. The van der Waals surface area contributed by atoms with Crippen LogP contribution in [0, 0.1) is 10.1 Å². The maximum absolute atomic E-state index is 10.7. The first-order chi connectivity index (χ1) is 8.97. The first-order valence-corrected chi connectivity index (χ1v) is 7.15. The lowest BCUT2D eigenvalue weighted by molar-refractivity contribution is -0.384. The standard InChI is InChI=1S/C11H10Br2N4O2/c1-7(12)11-6-16(15-14-11)5-8-2-3-9(17(18)19)4-10(8)13/h2-4,6-7H,5H2,1H3. The number of rotatable bonds is 4. The number of halogens is 2. The minimum atomic E-state index is -0.422. The van der Waals surface area contributed by atoms with Gasteiger partial charge in [0.2, 0.25) is 0 Å². The number of hydrogen-bond donors (Lipinski definition) is 0. The normalized spacial score (nSPS) is 12.4. The predicted octanol–water partition coefficient (Wildman–Crippen LogP) is 3.45. The minimum Gasteiger partial charge on any atom is -0.258 e. The van der Waals surface area contributed by atoms with Gasteiger partial charge in [-0.15, -0.1) is 5.10 Å². The number of aromatic nitrogens is 3. The maximum atomic E-state index is 10.7. The first kappa shape index (κ1) is 14.1. The van der Waals surface area contributed by atoms with Gasteiger partial charge in [0.15, 0.2) is 0 Å². The number of benzene rings is 1. The molecule has 1 atom stereocenters. The van der Waals surface area contributed by atoms with Crippen LogP contribution in [0.1, 0.15) is 23.0 Å². The number of hydrogen-bond acceptors (Lipinski definition) is 4. The summed E-state index contributed by atoms with van der Waals surface area (Å²) in [6, 6.07) is 4.67. The molecule has 2 aromatic rings. The molecule has 0 saturated carbocycles. The number of alkyl halides is 1. The minimum absolute atomic E-state index is 0.0592. The molecule has 0 aliphatic carbocycles. The third kappa shape index (κ3) is 3.38. The molecule has 0 radical (unpaired) electrons. The zero-order chi connectivity index (χ0) is 14.0. The fraction of sp³-hybridized carbons (Fsp3) is 0.273. The quantitative estimate of drug-likeness (QED) is 0.456. The Morgan fingerprint density at radius 1 is 1.53 bits per heavy atom. The van der Waals surface area contributed by atoms with Crippen molar-refractivity contribution in [2.75, 3.05) is 0 Å². The van der Waals surface area contributed by atoms with Gasteiger partial charge in [-0.25, -0.2) is 4.68 Å². The fourth-order valence-corrected chi connectivity index (χ4v) is 2.23. The van der Waals surface area contributed by atoms with Gasteiger partial charge in [-0.05, 0) is 18.6 Å². The van der Waals surface area contributed by atoms with Crippen LogP contribution in [0.3, 0.4) is 0 Å². The van der Waals surface area contributed by atoms with E-state index in [4.69, 9.17) is 0 Å². The summed E-state index contributed by atoms with van der Waals surface area (Å²) >= 11 is 6.75. The van der Waals surface area contributed by atoms with E-state index in [0.717, 1.165) is 11.3 Å². The molecule has 0 saturated heterocycles. The van der Waals surface area contributed by atoms with Crippen LogP contribution >= 0.6 is 31.9 Å². The van der Waals surface area contributed by atoms with Crippen molar-refractivity contribution in [3.05, 3.63) is 50.2 Å². The van der Waals surface area contributed by atoms with E-state index < -0.39 is 4.92 Å². The molecule has 0 bridgehead atoms. The maximum Gasteiger partial charge on any atom is 0.270 e. The number of nitro benzene ring substituents is 1. The average Bonchev–Trinajstić information content (AvgIpc) is 2.80. The van der Waals surface area contributed by atoms with Crippen LogP contribution in [0.15, 0.2) is 28.9 Å². The van der Waals surface area contributed by atoms with Crippen molar-refractivity contribution in [3.63, 3.8) is 0 Å². The summed E-state index contributed by atoms with van der Waals surface area (Å²) in [5.41, 5.74) is 1.81. The van der Waals surface area contributed by atoms with Crippen LogP contribution in [0.5, 0.6) is 0 Å². The van der Waals surface area contributed by atoms with Gasteiger partial charge in [-0.2, -0.15) is 0 Å². The van der Waals surface area contributed by atoms with Crippen LogP contribution in [-0.2, 0) is 6.54 Å². The van der Waals surface area contributed by atoms with Crippen molar-refractivity contribution in [3.8, 4) is 0 Å². The Morgan fingerprint density at radius 3 is 2.79 bits per heavy atom. The van der Waals surface area contributed by atoms with Gasteiger partial charge in [-0.1, -0.05) is 37.1 Å². The summed E-state index contributed by atoms with van der Waals surface area (Å²) in [4.78, 5) is 10.4. The highest BCUT2D eigenvalue weighted by atomic mass is 79.9. The monoisotopic (exact) mass is 388 g/mol. The van der Waals surface area contributed by atoms with Crippen LogP contribution in [0.4, 0.5) is 5.69 Å². The SMILES string of the molecule is CC(Br)c1cn(Cc2ccc([N+](=O)[O-])cc2Br)nn1. The van der Waals surface area contributed by atoms with E-state index in [1.165, 1.54) is 12.1 Å². The smallest absolute Gasteiger partial charge is 0.258 e. The Kier molecular flexibility index (Phi) is 4.31. The molecule has 1 heterocycles. The highest BCUT2D eigenvalue weighted by Crippen LogP contribution is 2.24. The number of non-ortho nitro benzene ring substituents is 1. The Labute approximate surface area is 126 Å². The molecule has 8 heteroatoms. The van der Waals surface area contributed by atoms with Crippen molar-refractivity contribution in [1.82, 2.24) is 15.0 Å². The molecule has 2 rings (SSSR count). The second-order valence-corrected chi connectivity index (χ2v) is 6.22. The van der Waals surface area contributed by atoms with E-state index in [9.17, 15) is 10.1 Å². The van der Waals surface area contributed by atoms with E-state index in [-0.39, 0.29) is 10.5 Å². The predicted molar refractivity (Wildman–Crippen MR) is 77.3 cm³/mol. The summed E-state index contributed by atoms with van der Waals surface area (Å²) in [6.45, 7) is 2.47. The van der Waals surface area contributed by atoms with Crippen LogP contribution in [0.25, 0.3) is 0 Å². The molecule has 0 aliphatic heterocycles. The average molecular weight is 390 g/mol. The van der Waals surface area contributed by atoms with Crippen LogP contribution in [0.2, 0.25) is 0 Å². The lowest BCUT2D eigenvalue weighted by Gasteiger charge is -2.04. The molecule has 1 unspecified atom stereocenters. The van der Waals surface area contributed by atoms with Gasteiger partial charge in [0.05, 0.1) is 22.0 Å². The molecule has 0 amide bonds. The lowest BCUT2D eigenvalue weighted by atomic mass is 10.2. The first-order valence-electron chi connectivity index (χ1n) is 5.44. The largest absolute Gasteiger partial charge is 0.270 e. The zero-order valence-corrected chi connectivity index (χ0v) is 13.1. The molecule has 100 valence electrons. The second-order valence-electron chi connectivity index (χ2n) is 3.99. The highest BCUT2D eigenvalue weighted by Gasteiger charge is 2.11. The summed E-state index contributed by atoms with van der Waals surface area (Å²) in [6.07, 6.45) is 1.84. The van der Waals surface area contributed by atoms with Crippen LogP contribution in [-0.4, -0.2) is 19.9 Å². The Hall–Kier alpha value is -1.28. The van der Waals surface area contributed by atoms with Crippen LogP contribution < -0.4 is 0 Å². The van der Waals surface area contributed by atoms with Crippen molar-refractivity contribution in [1.29, 1.82) is 0 Å². The molecule has 1 aromatic heterocycles. The van der Waals surface area contributed by atoms with E-state index in [0.29, 0.717) is 11.0 Å². The van der Waals surface area contributed by atoms with E-state index >= 15 is 0 Å². The molecule has 0 N–H and O–H groups in total. The summed E-state index contributed by atoms with van der Waals surface area (Å²) in [5.74, 6) is 0. The summed E-state index contributed by atoms with van der Waals surface area (Å²) in [7, 11) is 0. The molecule has 6 nitrogen and oxygen atoms in total. The molecule has 19 heavy (non-hydrogen) atoms. The van der Waals surface area contributed by atoms with E-state index in [1.807, 2.05) is 13.1 Å². The Balaban J connectivity index is 2.20. The lowest BCUT2D eigenvalue weighted by Crippen LogP contribution is -2.01. The van der Waals surface area contributed by atoms with E-state index in [1.54, 1.807) is 10.7 Å². The number of nitrogens with zero attached hydrogens (tertiary/aromatic N) is 4. The van der Waals surface area contributed by atoms with Gasteiger partial charge in [0.25, 0.3) is 5.69 Å². The van der Waals surface area contributed by atoms with Gasteiger partial charge < -0.3 is 0 Å². The topological polar surface area (TPSA) is 73.8 Å². The number of nitro groups is 1. The van der Waals surface area contributed by atoms with Crippen molar-refractivity contribution >= 4 is 37.5 Å². The Bertz CT molecular complexity index is 612. The molecule has 1 aromatic carbocycles. The fourth-order valence-electron chi connectivity index (χ4n) is 1.53. The van der Waals surface area contributed by atoms with Crippen molar-refractivity contribution in [2.45, 2.75) is 18.3 Å². The van der Waals surface area contributed by atoms with Gasteiger partial charge in [-0.3, -0.25) is 10.1 Å². The Morgan fingerprint density at radius 2 is 2.26 bits per heavy atom. The second kappa shape index (κ2) is 5.79. The van der Waals surface area contributed by atoms with Gasteiger partial charge in [0.1, 0.15) is 0 Å². The van der Waals surface area contributed by atoms with Crippen molar-refractivity contribution in [2.24, 2.45) is 0 Å². The van der Waals surface area contributed by atoms with Crippen molar-refractivity contribution < 1.29 is 4.92 Å². The highest BCUT2D eigenvalue weighted by molar-refractivity contribution is 9.10. The zero-order valence-electron chi connectivity index (χ0n) is 9.96. The molecule has 0 fully saturated rings. The molecular formula is C11H10Br2N4O2. The molecule has 0 spiro atoms. The molecule has 0 aliphatic rings. The van der Waals surface area contributed by atoms with Gasteiger partial charge in [0, 0.05) is 22.8 Å². The molecular weight excluding hydrogens is 380 g/mol.